The van der Waals surface area contributed by atoms with Gasteiger partial charge in [0.2, 0.25) is 0 Å². The van der Waals surface area contributed by atoms with E-state index in [1.807, 2.05) is 51.3 Å². The summed E-state index contributed by atoms with van der Waals surface area (Å²) in [7, 11) is 0. The molecule has 1 saturated heterocycles. The molecule has 7 nitrogen and oxygen atoms in total. The maximum Gasteiger partial charge on any atom is 0.337 e. The minimum absolute atomic E-state index is 0.0178. The van der Waals surface area contributed by atoms with Gasteiger partial charge in [-0.05, 0) is 126 Å². The quantitative estimate of drug-likeness (QED) is 0.431. The van der Waals surface area contributed by atoms with Gasteiger partial charge in [0.1, 0.15) is 0 Å². The third kappa shape index (κ3) is 5.31. The third-order valence-electron chi connectivity index (χ3n) is 9.00. The Bertz CT molecular complexity index is 1400. The number of nitrogens with zero attached hydrogens (tertiary/aromatic N) is 2. The summed E-state index contributed by atoms with van der Waals surface area (Å²) in [6.07, 6.45) is 3.35. The number of carbonyl (C=O) groups is 2. The van der Waals surface area contributed by atoms with Crippen molar-refractivity contribution in [2.45, 2.75) is 111 Å². The number of piperidine rings is 1. The number of amides is 2. The summed E-state index contributed by atoms with van der Waals surface area (Å²) in [6, 6.07) is 1.69. The Labute approximate surface area is 242 Å². The topological polar surface area (TPSA) is 79.3 Å². The minimum Gasteiger partial charge on any atom is -0.490 e. The summed E-state index contributed by atoms with van der Waals surface area (Å²) < 4.78 is 27.4. The van der Waals surface area contributed by atoms with E-state index in [4.69, 9.17) is 9.47 Å². The zero-order valence-electron chi connectivity index (χ0n) is 25.4. The number of urea groups is 1. The smallest absolute Gasteiger partial charge is 0.337 e. The van der Waals surface area contributed by atoms with E-state index < -0.39 is 23.5 Å². The number of hydrogen-bond donors (Lipinski definition) is 1. The van der Waals surface area contributed by atoms with E-state index in [9.17, 15) is 14.7 Å². The lowest BCUT2D eigenvalue weighted by Gasteiger charge is -2.36. The molecule has 5 rings (SSSR count). The van der Waals surface area contributed by atoms with Gasteiger partial charge < -0.3 is 24.4 Å². The number of ether oxygens (including phenoxy) is 2. The zero-order chi connectivity index (χ0) is 29.8. The van der Waals surface area contributed by atoms with Crippen LogP contribution in [0.15, 0.2) is 6.07 Å². The number of halogens is 1. The monoisotopic (exact) mass is 566 g/mol. The lowest BCUT2D eigenvalue weighted by Crippen LogP contribution is -2.47. The predicted molar refractivity (Wildman–Crippen MR) is 156 cm³/mol. The average molecular weight is 567 g/mol. The van der Waals surface area contributed by atoms with Crippen LogP contribution in [-0.2, 0) is 29.0 Å². The number of carboxylic acid groups (broad SMARTS) is 1. The lowest BCUT2D eigenvalue weighted by atomic mass is 9.81. The molecule has 0 spiro atoms. The fourth-order valence-corrected chi connectivity index (χ4v) is 6.90. The maximum atomic E-state index is 15.5. The number of aliphatic carboxylic acids is 1. The van der Waals surface area contributed by atoms with Gasteiger partial charge in [-0.1, -0.05) is 0 Å². The van der Waals surface area contributed by atoms with Gasteiger partial charge in [0, 0.05) is 36.8 Å². The van der Waals surface area contributed by atoms with Crippen molar-refractivity contribution >= 4 is 12.0 Å². The molecule has 3 heterocycles. The van der Waals surface area contributed by atoms with Gasteiger partial charge in [-0.15, -0.1) is 0 Å². The Morgan fingerprint density at radius 1 is 1.05 bits per heavy atom. The lowest BCUT2D eigenvalue weighted by molar-refractivity contribution is -0.160. The van der Waals surface area contributed by atoms with E-state index in [1.54, 1.807) is 0 Å². The van der Waals surface area contributed by atoms with Crippen molar-refractivity contribution in [1.29, 1.82) is 0 Å². The van der Waals surface area contributed by atoms with Crippen LogP contribution >= 0.6 is 0 Å². The second kappa shape index (κ2) is 10.9. The number of benzene rings is 2. The van der Waals surface area contributed by atoms with Crippen LogP contribution in [0.3, 0.4) is 0 Å². The van der Waals surface area contributed by atoms with Crippen molar-refractivity contribution in [1.82, 2.24) is 9.80 Å². The molecule has 1 N–H and O–H groups in total. The van der Waals surface area contributed by atoms with Gasteiger partial charge in [-0.2, -0.15) is 0 Å². The molecule has 41 heavy (non-hydrogen) atoms. The Balaban J connectivity index is 1.71. The van der Waals surface area contributed by atoms with Crippen molar-refractivity contribution in [3.63, 3.8) is 0 Å². The number of hydrogen-bond acceptors (Lipinski definition) is 4. The van der Waals surface area contributed by atoms with Crippen LogP contribution in [0.4, 0.5) is 9.18 Å². The van der Waals surface area contributed by atoms with E-state index in [-0.39, 0.29) is 12.1 Å². The second-order valence-corrected chi connectivity index (χ2v) is 12.9. The minimum atomic E-state index is -1.27. The molecule has 2 aromatic rings. The summed E-state index contributed by atoms with van der Waals surface area (Å²) in [6.45, 7) is 15.5. The number of carboxylic acids is 1. The van der Waals surface area contributed by atoms with E-state index in [1.165, 1.54) is 6.07 Å². The van der Waals surface area contributed by atoms with Crippen LogP contribution in [-0.4, -0.2) is 51.7 Å². The Morgan fingerprint density at radius 3 is 2.37 bits per heavy atom. The number of rotatable bonds is 4. The molecule has 2 atom stereocenters. The molecule has 0 bridgehead atoms. The summed E-state index contributed by atoms with van der Waals surface area (Å²) in [5.41, 5.74) is 6.46. The molecule has 222 valence electrons. The van der Waals surface area contributed by atoms with Gasteiger partial charge in [-0.3, -0.25) is 0 Å². The largest absolute Gasteiger partial charge is 0.490 e. The molecule has 2 aromatic carbocycles. The van der Waals surface area contributed by atoms with Gasteiger partial charge >= 0.3 is 12.0 Å². The second-order valence-electron chi connectivity index (χ2n) is 12.9. The summed E-state index contributed by atoms with van der Waals surface area (Å²) >= 11 is 0. The van der Waals surface area contributed by atoms with Crippen LogP contribution in [0.5, 0.6) is 5.75 Å². The molecular formula is C33H43FN2O5. The fraction of sp³-hybridized carbons (Fsp3) is 0.576. The first kappa shape index (κ1) is 29.4. The van der Waals surface area contributed by atoms with Gasteiger partial charge in [0.15, 0.2) is 17.7 Å². The fourth-order valence-electron chi connectivity index (χ4n) is 6.90. The summed E-state index contributed by atoms with van der Waals surface area (Å²) in [4.78, 5) is 30.4. The van der Waals surface area contributed by atoms with E-state index >= 15 is 4.39 Å². The first-order valence-electron chi connectivity index (χ1n) is 14.9. The van der Waals surface area contributed by atoms with E-state index in [0.717, 1.165) is 65.6 Å². The average Bonchev–Trinajstić information content (AvgIpc) is 3.37. The van der Waals surface area contributed by atoms with E-state index in [0.29, 0.717) is 48.6 Å². The van der Waals surface area contributed by atoms with E-state index in [2.05, 4.69) is 6.92 Å². The van der Waals surface area contributed by atoms with Crippen LogP contribution in [0.25, 0.3) is 11.1 Å². The molecule has 1 fully saturated rings. The Morgan fingerprint density at radius 2 is 1.73 bits per heavy atom. The first-order chi connectivity index (χ1) is 19.3. The van der Waals surface area contributed by atoms with Crippen LogP contribution in [0.1, 0.15) is 98.4 Å². The Hall–Kier alpha value is -3.13. The first-order valence-corrected chi connectivity index (χ1v) is 14.9. The molecule has 3 aliphatic heterocycles. The van der Waals surface area contributed by atoms with Crippen molar-refractivity contribution in [3.8, 4) is 16.9 Å². The maximum absolute atomic E-state index is 15.5. The van der Waals surface area contributed by atoms with Crippen LogP contribution < -0.4 is 4.74 Å². The normalized spacial score (nSPS) is 19.5. The van der Waals surface area contributed by atoms with Gasteiger partial charge in [0.25, 0.3) is 0 Å². The van der Waals surface area contributed by atoms with Crippen molar-refractivity contribution < 1.29 is 28.6 Å². The highest BCUT2D eigenvalue weighted by Gasteiger charge is 2.38. The highest BCUT2D eigenvalue weighted by molar-refractivity contribution is 5.86. The van der Waals surface area contributed by atoms with Gasteiger partial charge in [0.05, 0.1) is 12.2 Å². The molecule has 3 aliphatic rings. The van der Waals surface area contributed by atoms with Crippen LogP contribution in [0, 0.1) is 26.6 Å². The molecule has 1 unspecified atom stereocenters. The van der Waals surface area contributed by atoms with Gasteiger partial charge in [-0.25, -0.2) is 14.0 Å². The molecule has 0 saturated carbocycles. The third-order valence-corrected chi connectivity index (χ3v) is 9.00. The SMILES string of the molecule is Cc1c(-c2c(C)c3c(c(C)c2[C@H](OC(C)(C)C)C(=O)O)CN(C(=O)N2CCCCC2C)C3)cc(F)c2c1CCCO2. The van der Waals surface area contributed by atoms with Crippen molar-refractivity contribution in [2.24, 2.45) is 0 Å². The highest BCUT2D eigenvalue weighted by Crippen LogP contribution is 2.47. The highest BCUT2D eigenvalue weighted by atomic mass is 19.1. The molecule has 8 heteroatoms. The molecular weight excluding hydrogens is 523 g/mol. The predicted octanol–water partition coefficient (Wildman–Crippen LogP) is 6.99. The summed E-state index contributed by atoms with van der Waals surface area (Å²) in [5.74, 6) is -1.25. The standard InChI is InChI=1S/C33H43FN2O5/c1-18-11-8-9-13-36(18)32(39)35-16-24-20(3)27(23-15-26(34)29-22(19(23)2)12-10-14-40-29)28(21(4)25(24)17-35)30(31(37)38)41-33(5,6)7/h15,18,30H,8-14,16-17H2,1-7H3,(H,37,38)/t18?,30-/m0/s1. The molecule has 0 aliphatic carbocycles. The molecule has 0 aromatic heterocycles. The zero-order valence-corrected chi connectivity index (χ0v) is 25.4. The van der Waals surface area contributed by atoms with Crippen molar-refractivity contribution in [2.75, 3.05) is 13.2 Å². The number of likely N-dealkylation sites (tertiary alicyclic amines) is 1. The molecule has 0 radical (unpaired) electrons. The van der Waals surface area contributed by atoms with Crippen LogP contribution in [0.2, 0.25) is 0 Å². The molecule has 2 amide bonds. The number of carbonyl (C=O) groups excluding carboxylic acids is 1. The Kier molecular flexibility index (Phi) is 7.83. The van der Waals surface area contributed by atoms with Crippen molar-refractivity contribution in [3.05, 3.63) is 50.8 Å². The summed E-state index contributed by atoms with van der Waals surface area (Å²) in [5, 5.41) is 10.5. The number of fused-ring (bicyclic) bond motifs is 2.